The van der Waals surface area contributed by atoms with E-state index >= 15 is 0 Å². The molecule has 30 heavy (non-hydrogen) atoms. The molecule has 4 rings (SSSR count). The number of ketones is 1. The summed E-state index contributed by atoms with van der Waals surface area (Å²) < 4.78 is 0. The van der Waals surface area contributed by atoms with Gasteiger partial charge in [-0.25, -0.2) is 0 Å². The molecule has 2 fully saturated rings. The van der Waals surface area contributed by atoms with E-state index in [1.165, 1.54) is 42.6 Å². The van der Waals surface area contributed by atoms with Crippen LogP contribution in [0, 0.1) is 5.92 Å². The first-order chi connectivity index (χ1) is 14.5. The van der Waals surface area contributed by atoms with E-state index < -0.39 is 23.8 Å². The van der Waals surface area contributed by atoms with Gasteiger partial charge in [-0.3, -0.25) is 14.4 Å². The highest BCUT2D eigenvalue weighted by atomic mass is 16.2. The Morgan fingerprint density at radius 2 is 1.63 bits per heavy atom. The average Bonchev–Trinajstić information content (AvgIpc) is 2.99. The van der Waals surface area contributed by atoms with E-state index in [0.29, 0.717) is 18.0 Å². The molecule has 5 nitrogen and oxygen atoms in total. The van der Waals surface area contributed by atoms with Gasteiger partial charge in [-0.15, -0.1) is 0 Å². The van der Waals surface area contributed by atoms with Crippen LogP contribution in [-0.2, 0) is 20.8 Å². The van der Waals surface area contributed by atoms with Crippen molar-refractivity contribution in [2.75, 3.05) is 12.4 Å². The molecule has 0 radical (unpaired) electrons. The molecule has 0 spiro atoms. The Morgan fingerprint density at radius 3 is 2.30 bits per heavy atom. The predicted octanol–water partition coefficient (Wildman–Crippen LogP) is 3.94. The number of likely N-dealkylation sites (tertiary alicyclic amines) is 1. The minimum absolute atomic E-state index is 0.331. The quantitative estimate of drug-likeness (QED) is 0.768. The number of carbonyl (C=O) groups excluding carboxylic acids is 3. The van der Waals surface area contributed by atoms with Crippen molar-refractivity contribution >= 4 is 23.3 Å². The zero-order valence-electron chi connectivity index (χ0n) is 17.3. The molecule has 2 atom stereocenters. The number of carbonyl (C=O) groups is 3. The van der Waals surface area contributed by atoms with Gasteiger partial charge in [-0.1, -0.05) is 61.7 Å². The molecule has 2 aromatic carbocycles. The molecule has 0 bridgehead atoms. The first-order valence-electron chi connectivity index (χ1n) is 10.8. The van der Waals surface area contributed by atoms with Gasteiger partial charge in [-0.2, -0.15) is 0 Å². The topological polar surface area (TPSA) is 66.5 Å². The summed E-state index contributed by atoms with van der Waals surface area (Å²) in [6, 6.07) is 16.8. The van der Waals surface area contributed by atoms with Crippen molar-refractivity contribution < 1.29 is 14.4 Å². The third-order valence-electron chi connectivity index (χ3n) is 6.46. The summed E-state index contributed by atoms with van der Waals surface area (Å²) in [7, 11) is 1.60. The zero-order valence-corrected chi connectivity index (χ0v) is 17.3. The number of anilines is 1. The molecular formula is C25H28N2O3. The molecule has 1 saturated carbocycles. The van der Waals surface area contributed by atoms with E-state index in [1.54, 1.807) is 7.05 Å². The van der Waals surface area contributed by atoms with Gasteiger partial charge in [0, 0.05) is 12.7 Å². The maximum Gasteiger partial charge on any atom is 0.244 e. The molecule has 156 valence electrons. The Kier molecular flexibility index (Phi) is 5.98. The van der Waals surface area contributed by atoms with Crippen molar-refractivity contribution in [2.45, 2.75) is 50.5 Å². The first kappa shape index (κ1) is 20.3. The van der Waals surface area contributed by atoms with Gasteiger partial charge in [0.05, 0.1) is 6.04 Å². The minimum atomic E-state index is -1.28. The first-order valence-corrected chi connectivity index (χ1v) is 10.8. The molecule has 0 aromatic heterocycles. The Bertz CT molecular complexity index is 917. The highest BCUT2D eigenvalue weighted by Crippen LogP contribution is 2.33. The summed E-state index contributed by atoms with van der Waals surface area (Å²) >= 11 is 0. The number of nitrogens with one attached hydrogen (secondary N) is 1. The van der Waals surface area contributed by atoms with Crippen molar-refractivity contribution in [3.63, 3.8) is 0 Å². The van der Waals surface area contributed by atoms with Crippen LogP contribution in [0.4, 0.5) is 5.69 Å². The third-order valence-corrected chi connectivity index (χ3v) is 6.46. The van der Waals surface area contributed by atoms with Crippen LogP contribution in [0.1, 0.15) is 49.1 Å². The van der Waals surface area contributed by atoms with Crippen LogP contribution in [0.25, 0.3) is 0 Å². The fourth-order valence-corrected chi connectivity index (χ4v) is 4.67. The fraction of sp³-hybridized carbons (Fsp3) is 0.400. The van der Waals surface area contributed by atoms with E-state index in [1.807, 2.05) is 54.6 Å². The standard InChI is InChI=1S/C25H28N2O3/c1-27-21(16-17-8-4-2-5-9-17)23(28)22(25(27)30)24(29)26-20-14-12-19(13-15-20)18-10-6-3-7-11-18/h2,4-5,8-9,12-15,18,21-22H,3,6-7,10-11,16H2,1H3,(H,26,29). The molecule has 1 aliphatic carbocycles. The normalized spacial score (nSPS) is 22.4. The molecule has 5 heteroatoms. The van der Waals surface area contributed by atoms with Crippen molar-refractivity contribution in [2.24, 2.45) is 5.92 Å². The van der Waals surface area contributed by atoms with E-state index in [9.17, 15) is 14.4 Å². The molecule has 1 saturated heterocycles. The molecular weight excluding hydrogens is 376 g/mol. The van der Waals surface area contributed by atoms with Gasteiger partial charge in [-0.05, 0) is 48.4 Å². The average molecular weight is 405 g/mol. The molecule has 2 unspecified atom stereocenters. The molecule has 1 heterocycles. The van der Waals surface area contributed by atoms with Gasteiger partial charge in [0.1, 0.15) is 0 Å². The van der Waals surface area contributed by atoms with Crippen LogP contribution in [0.2, 0.25) is 0 Å². The maximum atomic E-state index is 12.9. The molecule has 2 aliphatic rings. The van der Waals surface area contributed by atoms with Crippen molar-refractivity contribution in [3.05, 3.63) is 65.7 Å². The number of rotatable bonds is 5. The van der Waals surface area contributed by atoms with Crippen molar-refractivity contribution in [1.82, 2.24) is 4.90 Å². The second-order valence-corrected chi connectivity index (χ2v) is 8.44. The van der Waals surface area contributed by atoms with Gasteiger partial charge in [0.2, 0.25) is 11.8 Å². The lowest BCUT2D eigenvalue weighted by atomic mass is 9.84. The predicted molar refractivity (Wildman–Crippen MR) is 116 cm³/mol. The van der Waals surface area contributed by atoms with Gasteiger partial charge in [0.15, 0.2) is 11.7 Å². The van der Waals surface area contributed by atoms with Crippen LogP contribution < -0.4 is 5.32 Å². The van der Waals surface area contributed by atoms with E-state index in [4.69, 9.17) is 0 Å². The van der Waals surface area contributed by atoms with E-state index in [-0.39, 0.29) is 5.78 Å². The Morgan fingerprint density at radius 1 is 0.967 bits per heavy atom. The number of Topliss-reactive ketones (excluding diaryl/α,β-unsaturated/α-hetero) is 1. The fourth-order valence-electron chi connectivity index (χ4n) is 4.67. The molecule has 2 aromatic rings. The number of hydrogen-bond acceptors (Lipinski definition) is 3. The van der Waals surface area contributed by atoms with E-state index in [2.05, 4.69) is 5.32 Å². The highest BCUT2D eigenvalue weighted by Gasteiger charge is 2.49. The second-order valence-electron chi connectivity index (χ2n) is 8.44. The second kappa shape index (κ2) is 8.82. The summed E-state index contributed by atoms with van der Waals surface area (Å²) in [5.74, 6) is -1.99. The molecule has 1 N–H and O–H groups in total. The monoisotopic (exact) mass is 404 g/mol. The Hall–Kier alpha value is -2.95. The van der Waals surface area contributed by atoms with Crippen molar-refractivity contribution in [1.29, 1.82) is 0 Å². The number of hydrogen-bond donors (Lipinski definition) is 1. The van der Waals surface area contributed by atoms with E-state index in [0.717, 1.165) is 5.56 Å². The molecule has 1 aliphatic heterocycles. The van der Waals surface area contributed by atoms with Crippen molar-refractivity contribution in [3.8, 4) is 0 Å². The van der Waals surface area contributed by atoms with Gasteiger partial charge >= 0.3 is 0 Å². The summed E-state index contributed by atoms with van der Waals surface area (Å²) in [4.78, 5) is 39.7. The summed E-state index contributed by atoms with van der Waals surface area (Å²) in [5.41, 5.74) is 2.88. The van der Waals surface area contributed by atoms with Crippen LogP contribution in [0.5, 0.6) is 0 Å². The number of likely N-dealkylation sites (N-methyl/N-ethyl adjacent to an activating group) is 1. The van der Waals surface area contributed by atoms with Gasteiger partial charge < -0.3 is 10.2 Å². The summed E-state index contributed by atoms with van der Waals surface area (Å²) in [6.07, 6.45) is 6.70. The third kappa shape index (κ3) is 4.16. The van der Waals surface area contributed by atoms with Crippen LogP contribution in [-0.4, -0.2) is 35.6 Å². The van der Waals surface area contributed by atoms with Gasteiger partial charge in [0.25, 0.3) is 0 Å². The highest BCUT2D eigenvalue weighted by molar-refractivity contribution is 6.26. The SMILES string of the molecule is CN1C(=O)C(C(=O)Nc2ccc(C3CCCCC3)cc2)C(=O)C1Cc1ccccc1. The van der Waals surface area contributed by atoms with Crippen LogP contribution >= 0.6 is 0 Å². The number of nitrogens with zero attached hydrogens (tertiary/aromatic N) is 1. The number of benzene rings is 2. The van der Waals surface area contributed by atoms with Crippen LogP contribution in [0.3, 0.4) is 0 Å². The lowest BCUT2D eigenvalue weighted by Gasteiger charge is -2.22. The maximum absolute atomic E-state index is 12.9. The minimum Gasteiger partial charge on any atom is -0.334 e. The number of amides is 2. The Labute approximate surface area is 177 Å². The largest absolute Gasteiger partial charge is 0.334 e. The molecule has 2 amide bonds. The zero-order chi connectivity index (χ0) is 21.1. The van der Waals surface area contributed by atoms with Crippen LogP contribution in [0.15, 0.2) is 54.6 Å². The lowest BCUT2D eigenvalue weighted by molar-refractivity contribution is -0.137. The summed E-state index contributed by atoms with van der Waals surface area (Å²) in [5, 5.41) is 2.77. The Balaban J connectivity index is 1.42. The summed E-state index contributed by atoms with van der Waals surface area (Å²) in [6.45, 7) is 0. The smallest absolute Gasteiger partial charge is 0.244 e. The lowest BCUT2D eigenvalue weighted by Crippen LogP contribution is -2.33.